The van der Waals surface area contributed by atoms with Crippen molar-refractivity contribution in [2.75, 3.05) is 5.73 Å². The lowest BCUT2D eigenvalue weighted by molar-refractivity contribution is 0.0979. The average Bonchev–Trinajstić information content (AvgIpc) is 2.60. The fraction of sp³-hybridized carbons (Fsp3) is 0. The minimum atomic E-state index is -0.104. The highest BCUT2D eigenvalue weighted by atomic mass is 16.1. The molecule has 23 heavy (non-hydrogen) atoms. The summed E-state index contributed by atoms with van der Waals surface area (Å²) in [5, 5.41) is 0. The van der Waals surface area contributed by atoms with E-state index in [0.29, 0.717) is 27.9 Å². The fourth-order valence-corrected chi connectivity index (χ4v) is 2.95. The quantitative estimate of drug-likeness (QED) is 0.545. The number of ketones is 2. The Morgan fingerprint density at radius 2 is 1.09 bits per heavy atom. The van der Waals surface area contributed by atoms with Crippen LogP contribution in [0.1, 0.15) is 31.8 Å². The molecule has 0 unspecified atom stereocenters. The zero-order valence-corrected chi connectivity index (χ0v) is 12.2. The van der Waals surface area contributed by atoms with Gasteiger partial charge in [0.1, 0.15) is 0 Å². The summed E-state index contributed by atoms with van der Waals surface area (Å²) in [5.41, 5.74) is 10.1. The van der Waals surface area contributed by atoms with E-state index in [1.54, 1.807) is 36.4 Å². The van der Waals surface area contributed by atoms with Gasteiger partial charge in [-0.1, -0.05) is 42.5 Å². The van der Waals surface area contributed by atoms with E-state index in [1.807, 2.05) is 30.3 Å². The van der Waals surface area contributed by atoms with Crippen LogP contribution in [0.2, 0.25) is 0 Å². The van der Waals surface area contributed by atoms with Gasteiger partial charge in [0, 0.05) is 27.9 Å². The van der Waals surface area contributed by atoms with Gasteiger partial charge in [-0.3, -0.25) is 9.59 Å². The normalized spacial score (nSPS) is 12.7. The first-order valence-corrected chi connectivity index (χ1v) is 7.33. The van der Waals surface area contributed by atoms with Crippen LogP contribution in [0.15, 0.2) is 66.7 Å². The molecule has 3 heteroatoms. The van der Waals surface area contributed by atoms with Crippen molar-refractivity contribution in [2.45, 2.75) is 0 Å². The van der Waals surface area contributed by atoms with E-state index >= 15 is 0 Å². The number of carbonyl (C=O) groups is 2. The van der Waals surface area contributed by atoms with Crippen molar-refractivity contribution >= 4 is 17.3 Å². The molecule has 0 saturated heterocycles. The molecule has 0 heterocycles. The van der Waals surface area contributed by atoms with E-state index in [-0.39, 0.29) is 11.6 Å². The summed E-state index contributed by atoms with van der Waals surface area (Å²) >= 11 is 0. The highest BCUT2D eigenvalue weighted by Gasteiger charge is 2.29. The van der Waals surface area contributed by atoms with Crippen LogP contribution in [-0.4, -0.2) is 11.6 Å². The number of hydrogen-bond acceptors (Lipinski definition) is 3. The van der Waals surface area contributed by atoms with Crippen LogP contribution in [0.5, 0.6) is 0 Å². The van der Waals surface area contributed by atoms with Crippen molar-refractivity contribution in [1.29, 1.82) is 0 Å². The number of carbonyl (C=O) groups excluding carboxylic acids is 2. The molecule has 3 nitrogen and oxygen atoms in total. The zero-order chi connectivity index (χ0) is 16.0. The summed E-state index contributed by atoms with van der Waals surface area (Å²) in [6, 6.07) is 19.8. The van der Waals surface area contributed by atoms with Gasteiger partial charge in [-0.2, -0.15) is 0 Å². The number of nitrogens with two attached hydrogens (primary N) is 1. The molecule has 0 aliphatic heterocycles. The lowest BCUT2D eigenvalue weighted by Gasteiger charge is -2.18. The van der Waals surface area contributed by atoms with Crippen molar-refractivity contribution in [3.8, 4) is 11.1 Å². The monoisotopic (exact) mass is 299 g/mol. The molecule has 3 aromatic rings. The minimum Gasteiger partial charge on any atom is -0.399 e. The van der Waals surface area contributed by atoms with E-state index in [9.17, 15) is 9.59 Å². The van der Waals surface area contributed by atoms with Gasteiger partial charge in [0.2, 0.25) is 0 Å². The molecule has 0 aromatic heterocycles. The highest BCUT2D eigenvalue weighted by molar-refractivity contribution is 6.28. The summed E-state index contributed by atoms with van der Waals surface area (Å²) < 4.78 is 0. The Hall–Kier alpha value is -3.20. The van der Waals surface area contributed by atoms with Crippen LogP contribution in [0, 0.1) is 0 Å². The third-order valence-corrected chi connectivity index (χ3v) is 4.17. The molecule has 0 spiro atoms. The maximum absolute atomic E-state index is 12.7. The van der Waals surface area contributed by atoms with Gasteiger partial charge in [0.15, 0.2) is 11.6 Å². The van der Waals surface area contributed by atoms with E-state index in [1.165, 1.54) is 0 Å². The summed E-state index contributed by atoms with van der Waals surface area (Å²) in [4.78, 5) is 25.3. The molecule has 1 aliphatic rings. The number of benzene rings is 3. The Kier molecular flexibility index (Phi) is 2.88. The van der Waals surface area contributed by atoms with Gasteiger partial charge in [-0.05, 0) is 35.4 Å². The van der Waals surface area contributed by atoms with Crippen molar-refractivity contribution in [2.24, 2.45) is 0 Å². The molecule has 0 bridgehead atoms. The standard InChI is InChI=1S/C20H13NO2/c21-14-8-5-12(6-9-14)13-7-10-17-18(11-13)20(23)16-4-2-1-3-15(16)19(17)22/h1-11H,21H2. The average molecular weight is 299 g/mol. The Labute approximate surface area is 133 Å². The summed E-state index contributed by atoms with van der Waals surface area (Å²) in [5.74, 6) is -0.202. The van der Waals surface area contributed by atoms with Crippen LogP contribution in [0.3, 0.4) is 0 Å². The lowest BCUT2D eigenvalue weighted by Crippen LogP contribution is -2.20. The molecule has 0 atom stereocenters. The summed E-state index contributed by atoms with van der Waals surface area (Å²) in [6.07, 6.45) is 0. The molecule has 1 aliphatic carbocycles. The number of fused-ring (bicyclic) bond motifs is 2. The second kappa shape index (κ2) is 4.92. The fourth-order valence-electron chi connectivity index (χ4n) is 2.95. The first-order valence-electron chi connectivity index (χ1n) is 7.33. The van der Waals surface area contributed by atoms with Crippen LogP contribution >= 0.6 is 0 Å². The highest BCUT2D eigenvalue weighted by Crippen LogP contribution is 2.31. The molecular formula is C20H13NO2. The second-order valence-corrected chi connectivity index (χ2v) is 5.59. The Morgan fingerprint density at radius 3 is 1.74 bits per heavy atom. The van der Waals surface area contributed by atoms with Crippen molar-refractivity contribution < 1.29 is 9.59 Å². The third-order valence-electron chi connectivity index (χ3n) is 4.17. The van der Waals surface area contributed by atoms with E-state index in [0.717, 1.165) is 11.1 Å². The molecule has 0 radical (unpaired) electrons. The Morgan fingerprint density at radius 1 is 0.565 bits per heavy atom. The molecule has 0 fully saturated rings. The molecular weight excluding hydrogens is 286 g/mol. The predicted molar refractivity (Wildman–Crippen MR) is 89.6 cm³/mol. The first-order chi connectivity index (χ1) is 11.1. The van der Waals surface area contributed by atoms with Gasteiger partial charge in [-0.25, -0.2) is 0 Å². The SMILES string of the molecule is Nc1ccc(-c2ccc3c(c2)C(=O)c2ccccc2C3=O)cc1. The van der Waals surface area contributed by atoms with Gasteiger partial charge >= 0.3 is 0 Å². The Bertz CT molecular complexity index is 956. The largest absolute Gasteiger partial charge is 0.399 e. The maximum atomic E-state index is 12.7. The maximum Gasteiger partial charge on any atom is 0.194 e. The van der Waals surface area contributed by atoms with E-state index in [4.69, 9.17) is 5.73 Å². The molecule has 0 saturated carbocycles. The van der Waals surface area contributed by atoms with Crippen LogP contribution in [0.25, 0.3) is 11.1 Å². The molecule has 0 amide bonds. The minimum absolute atomic E-state index is 0.0981. The zero-order valence-electron chi connectivity index (χ0n) is 12.2. The first kappa shape index (κ1) is 13.5. The smallest absolute Gasteiger partial charge is 0.194 e. The predicted octanol–water partition coefficient (Wildman–Crippen LogP) is 3.71. The molecule has 2 N–H and O–H groups in total. The Balaban J connectivity index is 1.88. The lowest BCUT2D eigenvalue weighted by atomic mass is 9.83. The number of nitrogen functional groups attached to an aromatic ring is 1. The second-order valence-electron chi connectivity index (χ2n) is 5.59. The van der Waals surface area contributed by atoms with Gasteiger partial charge in [0.25, 0.3) is 0 Å². The van der Waals surface area contributed by atoms with E-state index < -0.39 is 0 Å². The van der Waals surface area contributed by atoms with Crippen LogP contribution in [0.4, 0.5) is 5.69 Å². The molecule has 4 rings (SSSR count). The van der Waals surface area contributed by atoms with Gasteiger partial charge in [-0.15, -0.1) is 0 Å². The topological polar surface area (TPSA) is 60.2 Å². The summed E-state index contributed by atoms with van der Waals surface area (Å²) in [7, 11) is 0. The summed E-state index contributed by atoms with van der Waals surface area (Å²) in [6.45, 7) is 0. The van der Waals surface area contributed by atoms with Crippen molar-refractivity contribution in [1.82, 2.24) is 0 Å². The molecule has 110 valence electrons. The number of hydrogen-bond donors (Lipinski definition) is 1. The molecule has 3 aromatic carbocycles. The third kappa shape index (κ3) is 2.06. The van der Waals surface area contributed by atoms with Crippen LogP contribution in [-0.2, 0) is 0 Å². The van der Waals surface area contributed by atoms with Gasteiger partial charge < -0.3 is 5.73 Å². The van der Waals surface area contributed by atoms with Crippen molar-refractivity contribution in [3.05, 3.63) is 89.0 Å². The van der Waals surface area contributed by atoms with Crippen LogP contribution < -0.4 is 5.73 Å². The van der Waals surface area contributed by atoms with Gasteiger partial charge in [0.05, 0.1) is 0 Å². The number of rotatable bonds is 1. The van der Waals surface area contributed by atoms with E-state index in [2.05, 4.69) is 0 Å². The van der Waals surface area contributed by atoms with Crippen molar-refractivity contribution in [3.63, 3.8) is 0 Å². The number of anilines is 1.